The Hall–Kier alpha value is -1.38. The number of aryl methyl sites for hydroxylation is 2. The van der Waals surface area contributed by atoms with Gasteiger partial charge in [0.1, 0.15) is 0 Å². The van der Waals surface area contributed by atoms with Crippen LogP contribution in [0, 0.1) is 0 Å². The van der Waals surface area contributed by atoms with Crippen LogP contribution in [-0.2, 0) is 17.6 Å². The van der Waals surface area contributed by atoms with Crippen LogP contribution in [-0.4, -0.2) is 19.3 Å². The van der Waals surface area contributed by atoms with E-state index in [4.69, 9.17) is 4.74 Å². The average molecular weight is 281 g/mol. The summed E-state index contributed by atoms with van der Waals surface area (Å²) in [7, 11) is 2.06. The van der Waals surface area contributed by atoms with Crippen molar-refractivity contribution in [3.63, 3.8) is 0 Å². The summed E-state index contributed by atoms with van der Waals surface area (Å²) >= 11 is 0. The smallest absolute Gasteiger partial charge is 0.0774 e. The molecule has 2 aromatic rings. The summed E-state index contributed by atoms with van der Waals surface area (Å²) in [6.45, 7) is 2.18. The first kappa shape index (κ1) is 13.3. The van der Waals surface area contributed by atoms with Crippen molar-refractivity contribution in [2.45, 2.75) is 50.9 Å². The highest BCUT2D eigenvalue weighted by atomic mass is 16.5. The zero-order chi connectivity index (χ0) is 14.4. The molecule has 1 aliphatic heterocycles. The molecule has 2 aromatic carbocycles. The standard InChI is InChI=1S/C19H23NO/c1-12-6-11-17(21-12)19(20-2)16-10-9-14-8-7-13-4-3-5-15(16)18(13)14/h3-5,9-10,12,17,19-20H,6-8,11H2,1-2H3. The maximum atomic E-state index is 6.13. The number of rotatable bonds is 3. The Balaban J connectivity index is 1.83. The van der Waals surface area contributed by atoms with Crippen LogP contribution in [0.2, 0.25) is 0 Å². The van der Waals surface area contributed by atoms with Gasteiger partial charge in [-0.1, -0.05) is 30.3 Å². The molecule has 1 N–H and O–H groups in total. The van der Waals surface area contributed by atoms with Crippen molar-refractivity contribution in [3.8, 4) is 0 Å². The Morgan fingerprint density at radius 3 is 2.62 bits per heavy atom. The van der Waals surface area contributed by atoms with E-state index in [0.29, 0.717) is 18.2 Å². The predicted octanol–water partition coefficient (Wildman–Crippen LogP) is 3.77. The number of benzene rings is 2. The second-order valence-corrected chi connectivity index (χ2v) is 6.48. The van der Waals surface area contributed by atoms with E-state index >= 15 is 0 Å². The third kappa shape index (κ3) is 2.09. The van der Waals surface area contributed by atoms with Gasteiger partial charge >= 0.3 is 0 Å². The van der Waals surface area contributed by atoms with Gasteiger partial charge in [-0.25, -0.2) is 0 Å². The number of ether oxygens (including phenoxy) is 1. The molecule has 2 aliphatic rings. The SMILES string of the molecule is CNC(c1ccc2c3c(cccc13)CC2)C1CCC(C)O1. The Kier molecular flexibility index (Phi) is 3.24. The van der Waals surface area contributed by atoms with E-state index < -0.39 is 0 Å². The molecule has 110 valence electrons. The minimum absolute atomic E-state index is 0.292. The van der Waals surface area contributed by atoms with E-state index in [-0.39, 0.29) is 0 Å². The maximum absolute atomic E-state index is 6.13. The second kappa shape index (κ2) is 5.11. The van der Waals surface area contributed by atoms with Crippen LogP contribution < -0.4 is 5.32 Å². The Bertz CT molecular complexity index is 668. The van der Waals surface area contributed by atoms with Crippen molar-refractivity contribution in [1.82, 2.24) is 5.32 Å². The molecule has 1 saturated heterocycles. The fourth-order valence-electron chi connectivity index (χ4n) is 4.16. The lowest BCUT2D eigenvalue weighted by Crippen LogP contribution is -2.29. The number of hydrogen-bond acceptors (Lipinski definition) is 2. The molecule has 0 amide bonds. The molecule has 1 heterocycles. The van der Waals surface area contributed by atoms with E-state index in [1.54, 1.807) is 0 Å². The summed E-state index contributed by atoms with van der Waals surface area (Å²) in [6, 6.07) is 11.7. The predicted molar refractivity (Wildman–Crippen MR) is 86.7 cm³/mol. The van der Waals surface area contributed by atoms with Crippen LogP contribution in [0.5, 0.6) is 0 Å². The van der Waals surface area contributed by atoms with Gasteiger partial charge in [0.05, 0.1) is 18.2 Å². The van der Waals surface area contributed by atoms with Gasteiger partial charge in [0.25, 0.3) is 0 Å². The Labute approximate surface area is 126 Å². The van der Waals surface area contributed by atoms with Gasteiger partial charge < -0.3 is 10.1 Å². The van der Waals surface area contributed by atoms with Crippen LogP contribution >= 0.6 is 0 Å². The molecule has 3 unspecified atom stereocenters. The lowest BCUT2D eigenvalue weighted by atomic mass is 9.92. The molecule has 0 spiro atoms. The van der Waals surface area contributed by atoms with E-state index in [1.807, 2.05) is 0 Å². The normalized spacial score (nSPS) is 25.6. The fourth-order valence-corrected chi connectivity index (χ4v) is 4.16. The molecule has 1 aliphatic carbocycles. The molecule has 2 nitrogen and oxygen atoms in total. The molecule has 0 saturated carbocycles. The molecule has 0 aromatic heterocycles. The van der Waals surface area contributed by atoms with Gasteiger partial charge in [-0.05, 0) is 67.1 Å². The molecular weight excluding hydrogens is 258 g/mol. The van der Waals surface area contributed by atoms with Crippen LogP contribution in [0.4, 0.5) is 0 Å². The number of likely N-dealkylation sites (N-methyl/N-ethyl adjacent to an activating group) is 1. The monoisotopic (exact) mass is 281 g/mol. The summed E-state index contributed by atoms with van der Waals surface area (Å²) in [5.41, 5.74) is 4.43. The zero-order valence-corrected chi connectivity index (χ0v) is 12.9. The lowest BCUT2D eigenvalue weighted by Gasteiger charge is -2.25. The largest absolute Gasteiger partial charge is 0.373 e. The number of hydrogen-bond donors (Lipinski definition) is 1. The van der Waals surface area contributed by atoms with Crippen molar-refractivity contribution in [3.05, 3.63) is 47.0 Å². The van der Waals surface area contributed by atoms with E-state index in [1.165, 1.54) is 46.7 Å². The second-order valence-electron chi connectivity index (χ2n) is 6.48. The zero-order valence-electron chi connectivity index (χ0n) is 12.9. The quantitative estimate of drug-likeness (QED) is 0.924. The summed E-state index contributed by atoms with van der Waals surface area (Å²) in [4.78, 5) is 0. The van der Waals surface area contributed by atoms with Crippen molar-refractivity contribution in [1.29, 1.82) is 0 Å². The van der Waals surface area contributed by atoms with Gasteiger partial charge in [0.2, 0.25) is 0 Å². The third-order valence-electron chi connectivity index (χ3n) is 5.19. The molecule has 0 bridgehead atoms. The molecule has 4 rings (SSSR count). The van der Waals surface area contributed by atoms with Gasteiger partial charge in [-0.2, -0.15) is 0 Å². The van der Waals surface area contributed by atoms with Gasteiger partial charge in [-0.3, -0.25) is 0 Å². The summed E-state index contributed by atoms with van der Waals surface area (Å²) in [6.07, 6.45) is 5.39. The van der Waals surface area contributed by atoms with Crippen molar-refractivity contribution < 1.29 is 4.74 Å². The third-order valence-corrected chi connectivity index (χ3v) is 5.19. The first-order valence-corrected chi connectivity index (χ1v) is 8.14. The van der Waals surface area contributed by atoms with Crippen molar-refractivity contribution >= 4 is 10.8 Å². The van der Waals surface area contributed by atoms with Crippen LogP contribution in [0.3, 0.4) is 0 Å². The minimum Gasteiger partial charge on any atom is -0.373 e. The lowest BCUT2D eigenvalue weighted by molar-refractivity contribution is 0.0336. The average Bonchev–Trinajstić information content (AvgIpc) is 3.10. The van der Waals surface area contributed by atoms with Crippen molar-refractivity contribution in [2.75, 3.05) is 7.05 Å². The van der Waals surface area contributed by atoms with Crippen LogP contribution in [0.1, 0.15) is 42.5 Å². The van der Waals surface area contributed by atoms with Gasteiger partial charge in [-0.15, -0.1) is 0 Å². The first-order valence-electron chi connectivity index (χ1n) is 8.14. The fraction of sp³-hybridized carbons (Fsp3) is 0.474. The van der Waals surface area contributed by atoms with Crippen LogP contribution in [0.15, 0.2) is 30.3 Å². The maximum Gasteiger partial charge on any atom is 0.0774 e. The highest BCUT2D eigenvalue weighted by Crippen LogP contribution is 2.38. The Morgan fingerprint density at radius 2 is 1.90 bits per heavy atom. The molecule has 2 heteroatoms. The molecule has 21 heavy (non-hydrogen) atoms. The highest BCUT2D eigenvalue weighted by Gasteiger charge is 2.31. The molecular formula is C19H23NO. The first-order chi connectivity index (χ1) is 10.3. The van der Waals surface area contributed by atoms with E-state index in [9.17, 15) is 0 Å². The molecule has 0 radical (unpaired) electrons. The van der Waals surface area contributed by atoms with Gasteiger partial charge in [0.15, 0.2) is 0 Å². The van der Waals surface area contributed by atoms with E-state index in [2.05, 4.69) is 49.6 Å². The molecule has 1 fully saturated rings. The topological polar surface area (TPSA) is 21.3 Å². The minimum atomic E-state index is 0.292. The summed E-state index contributed by atoms with van der Waals surface area (Å²) < 4.78 is 6.13. The summed E-state index contributed by atoms with van der Waals surface area (Å²) in [5, 5.41) is 6.43. The van der Waals surface area contributed by atoms with Gasteiger partial charge in [0, 0.05) is 0 Å². The van der Waals surface area contributed by atoms with E-state index in [0.717, 1.165) is 6.42 Å². The van der Waals surface area contributed by atoms with Crippen molar-refractivity contribution in [2.24, 2.45) is 0 Å². The number of nitrogens with one attached hydrogen (secondary N) is 1. The molecule has 3 atom stereocenters. The Morgan fingerprint density at radius 1 is 1.10 bits per heavy atom. The highest BCUT2D eigenvalue weighted by molar-refractivity contribution is 5.93. The van der Waals surface area contributed by atoms with Crippen LogP contribution in [0.25, 0.3) is 10.8 Å². The summed E-state index contributed by atoms with van der Waals surface area (Å²) in [5.74, 6) is 0.